The van der Waals surface area contributed by atoms with Crippen LogP contribution in [0.15, 0.2) is 0 Å². The summed E-state index contributed by atoms with van der Waals surface area (Å²) in [7, 11) is 0. The predicted octanol–water partition coefficient (Wildman–Crippen LogP) is -0.635. The van der Waals surface area contributed by atoms with E-state index in [1.165, 1.54) is 6.92 Å². The van der Waals surface area contributed by atoms with Crippen molar-refractivity contribution < 1.29 is 19.4 Å². The lowest BCUT2D eigenvalue weighted by molar-refractivity contribution is -0.151. The van der Waals surface area contributed by atoms with Gasteiger partial charge in [0, 0.05) is 6.92 Å². The van der Waals surface area contributed by atoms with Crippen LogP contribution < -0.4 is 5.32 Å². The number of hydrogen-bond acceptors (Lipinski definition) is 4. The van der Waals surface area contributed by atoms with E-state index in [9.17, 15) is 9.59 Å². The van der Waals surface area contributed by atoms with Crippen molar-refractivity contribution in [2.24, 2.45) is 0 Å². The molecular weight excluding hydrogens is 162 g/mol. The number of rotatable bonds is 2. The average Bonchev–Trinajstić information content (AvgIpc) is 2.33. The lowest BCUT2D eigenvalue weighted by atomic mass is 10.2. The van der Waals surface area contributed by atoms with Gasteiger partial charge in [0.25, 0.3) is 0 Å². The number of aliphatic carboxylic acids is 1. The van der Waals surface area contributed by atoms with Gasteiger partial charge in [-0.15, -0.1) is 0 Å². The number of esters is 1. The molecule has 0 aromatic rings. The molecule has 1 fully saturated rings. The van der Waals surface area contributed by atoms with E-state index in [0.29, 0.717) is 13.0 Å². The first-order valence-electron chi connectivity index (χ1n) is 3.74. The highest BCUT2D eigenvalue weighted by atomic mass is 16.5. The Balaban J connectivity index is 2.52. The first-order chi connectivity index (χ1) is 5.61. The average molecular weight is 173 g/mol. The van der Waals surface area contributed by atoms with Crippen molar-refractivity contribution in [1.29, 1.82) is 0 Å². The first kappa shape index (κ1) is 8.99. The lowest BCUT2D eigenvalue weighted by Crippen LogP contribution is -2.40. The molecule has 5 nitrogen and oxygen atoms in total. The number of carbonyl (C=O) groups is 2. The van der Waals surface area contributed by atoms with Crippen LogP contribution in [0.1, 0.15) is 13.3 Å². The largest absolute Gasteiger partial charge is 0.480 e. The second-order valence-corrected chi connectivity index (χ2v) is 2.71. The molecule has 2 atom stereocenters. The van der Waals surface area contributed by atoms with Gasteiger partial charge < -0.3 is 15.2 Å². The molecular formula is C7H11NO4. The van der Waals surface area contributed by atoms with Gasteiger partial charge in [0.15, 0.2) is 0 Å². The molecule has 1 aliphatic rings. The van der Waals surface area contributed by atoms with E-state index in [-0.39, 0.29) is 0 Å². The van der Waals surface area contributed by atoms with Crippen LogP contribution in [0.2, 0.25) is 0 Å². The van der Waals surface area contributed by atoms with Crippen molar-refractivity contribution in [1.82, 2.24) is 5.32 Å². The van der Waals surface area contributed by atoms with Crippen LogP contribution in [0.5, 0.6) is 0 Å². The van der Waals surface area contributed by atoms with Gasteiger partial charge in [0.2, 0.25) is 0 Å². The van der Waals surface area contributed by atoms with Gasteiger partial charge in [-0.2, -0.15) is 0 Å². The zero-order valence-corrected chi connectivity index (χ0v) is 6.74. The highest BCUT2D eigenvalue weighted by molar-refractivity contribution is 5.75. The number of hydrogen-bond donors (Lipinski definition) is 2. The van der Waals surface area contributed by atoms with Crippen LogP contribution in [0, 0.1) is 0 Å². The van der Waals surface area contributed by atoms with E-state index in [2.05, 4.69) is 5.32 Å². The molecule has 2 unspecified atom stereocenters. The third kappa shape index (κ3) is 1.94. The molecule has 12 heavy (non-hydrogen) atoms. The van der Waals surface area contributed by atoms with Crippen molar-refractivity contribution in [2.45, 2.75) is 25.5 Å². The molecule has 1 saturated heterocycles. The molecule has 0 aliphatic carbocycles. The highest BCUT2D eigenvalue weighted by Crippen LogP contribution is 2.11. The van der Waals surface area contributed by atoms with E-state index in [1.54, 1.807) is 0 Å². The van der Waals surface area contributed by atoms with E-state index in [1.807, 2.05) is 0 Å². The monoisotopic (exact) mass is 173 g/mol. The van der Waals surface area contributed by atoms with Gasteiger partial charge in [-0.05, 0) is 13.0 Å². The fraction of sp³-hybridized carbons (Fsp3) is 0.714. The van der Waals surface area contributed by atoms with Crippen LogP contribution in [-0.4, -0.2) is 35.7 Å². The van der Waals surface area contributed by atoms with Crippen molar-refractivity contribution in [2.75, 3.05) is 6.54 Å². The van der Waals surface area contributed by atoms with Crippen molar-refractivity contribution in [3.05, 3.63) is 0 Å². The quantitative estimate of drug-likeness (QED) is 0.543. The fourth-order valence-corrected chi connectivity index (χ4v) is 1.27. The van der Waals surface area contributed by atoms with Crippen LogP contribution >= 0.6 is 0 Å². The zero-order chi connectivity index (χ0) is 9.14. The highest BCUT2D eigenvalue weighted by Gasteiger charge is 2.34. The maximum absolute atomic E-state index is 10.5. The van der Waals surface area contributed by atoms with E-state index >= 15 is 0 Å². The maximum Gasteiger partial charge on any atom is 0.324 e. The molecule has 0 radical (unpaired) electrons. The number of carboxylic acid groups (broad SMARTS) is 1. The summed E-state index contributed by atoms with van der Waals surface area (Å²) in [6.45, 7) is 1.85. The summed E-state index contributed by atoms with van der Waals surface area (Å²) in [6.07, 6.45) is 0.0521. The summed E-state index contributed by atoms with van der Waals surface area (Å²) in [5, 5.41) is 11.4. The number of carbonyl (C=O) groups excluding carboxylic acids is 1. The van der Waals surface area contributed by atoms with Crippen LogP contribution in [0.4, 0.5) is 0 Å². The van der Waals surface area contributed by atoms with E-state index < -0.39 is 24.1 Å². The maximum atomic E-state index is 10.5. The lowest BCUT2D eigenvalue weighted by Gasteiger charge is -2.14. The second kappa shape index (κ2) is 3.53. The Morgan fingerprint density at radius 1 is 1.58 bits per heavy atom. The minimum absolute atomic E-state index is 0.435. The molecule has 0 bridgehead atoms. The minimum Gasteiger partial charge on any atom is -0.480 e. The zero-order valence-electron chi connectivity index (χ0n) is 6.74. The van der Waals surface area contributed by atoms with Gasteiger partial charge in [-0.25, -0.2) is 0 Å². The van der Waals surface area contributed by atoms with Crippen LogP contribution in [-0.2, 0) is 14.3 Å². The number of ether oxygens (including phenoxy) is 1. The van der Waals surface area contributed by atoms with Crippen LogP contribution in [0.25, 0.3) is 0 Å². The Labute approximate surface area is 69.7 Å². The van der Waals surface area contributed by atoms with Gasteiger partial charge in [-0.3, -0.25) is 9.59 Å². The molecule has 5 heteroatoms. The van der Waals surface area contributed by atoms with E-state index in [0.717, 1.165) is 0 Å². The Hall–Kier alpha value is -1.10. The molecule has 0 aromatic carbocycles. The third-order valence-corrected chi connectivity index (χ3v) is 1.75. The topological polar surface area (TPSA) is 75.6 Å². The normalized spacial score (nSPS) is 28.4. The Morgan fingerprint density at radius 2 is 2.25 bits per heavy atom. The smallest absolute Gasteiger partial charge is 0.324 e. The van der Waals surface area contributed by atoms with Gasteiger partial charge >= 0.3 is 11.9 Å². The summed E-state index contributed by atoms with van der Waals surface area (Å²) in [6, 6.07) is -0.742. The first-order valence-corrected chi connectivity index (χ1v) is 3.74. The Morgan fingerprint density at radius 3 is 2.75 bits per heavy atom. The fourth-order valence-electron chi connectivity index (χ4n) is 1.27. The molecule has 2 N–H and O–H groups in total. The van der Waals surface area contributed by atoms with Crippen molar-refractivity contribution in [3.8, 4) is 0 Å². The number of carboxylic acids is 1. The molecule has 0 aromatic heterocycles. The molecule has 1 rings (SSSR count). The summed E-state index contributed by atoms with van der Waals surface area (Å²) < 4.78 is 4.80. The second-order valence-electron chi connectivity index (χ2n) is 2.71. The summed E-state index contributed by atoms with van der Waals surface area (Å²) in [5.74, 6) is -1.41. The minimum atomic E-state index is -0.973. The third-order valence-electron chi connectivity index (χ3n) is 1.75. The standard InChI is InChI=1S/C7H11NO4/c1-4(9)12-5-2-3-8-6(5)7(10)11/h5-6,8H,2-3H2,1H3,(H,10,11). The SMILES string of the molecule is CC(=O)OC1CCNC1C(=O)O. The molecule has 68 valence electrons. The molecule has 0 saturated carbocycles. The van der Waals surface area contributed by atoms with E-state index in [4.69, 9.17) is 9.84 Å². The molecule has 0 spiro atoms. The number of nitrogens with one attached hydrogen (secondary N) is 1. The van der Waals surface area contributed by atoms with Gasteiger partial charge in [0.1, 0.15) is 12.1 Å². The molecule has 1 heterocycles. The Bertz CT molecular complexity index is 204. The van der Waals surface area contributed by atoms with Crippen molar-refractivity contribution in [3.63, 3.8) is 0 Å². The van der Waals surface area contributed by atoms with Gasteiger partial charge in [-0.1, -0.05) is 0 Å². The van der Waals surface area contributed by atoms with Gasteiger partial charge in [0.05, 0.1) is 0 Å². The van der Waals surface area contributed by atoms with Crippen LogP contribution in [0.3, 0.4) is 0 Å². The Kier molecular flexibility index (Phi) is 2.65. The predicted molar refractivity (Wildman–Crippen MR) is 39.6 cm³/mol. The summed E-state index contributed by atoms with van der Waals surface area (Å²) >= 11 is 0. The molecule has 1 aliphatic heterocycles. The summed E-state index contributed by atoms with van der Waals surface area (Å²) in [5.41, 5.74) is 0. The summed E-state index contributed by atoms with van der Waals surface area (Å²) in [4.78, 5) is 21.1. The van der Waals surface area contributed by atoms with Crippen molar-refractivity contribution >= 4 is 11.9 Å². The molecule has 0 amide bonds.